The number of rotatable bonds is 3. The molecule has 3 rings (SSSR count). The zero-order valence-electron chi connectivity index (χ0n) is 9.91. The molecule has 6 heteroatoms. The summed E-state index contributed by atoms with van der Waals surface area (Å²) in [6.07, 6.45) is 2.10. The van der Waals surface area contributed by atoms with Crippen LogP contribution in [0.4, 0.5) is 0 Å². The van der Waals surface area contributed by atoms with Gasteiger partial charge in [0, 0.05) is 17.4 Å². The lowest BCUT2D eigenvalue weighted by molar-refractivity contribution is 0.0773. The van der Waals surface area contributed by atoms with Gasteiger partial charge < -0.3 is 15.0 Å². The van der Waals surface area contributed by atoms with Crippen molar-refractivity contribution in [3.63, 3.8) is 0 Å². The summed E-state index contributed by atoms with van der Waals surface area (Å²) in [7, 11) is 0. The van der Waals surface area contributed by atoms with Gasteiger partial charge in [-0.3, -0.25) is 0 Å². The van der Waals surface area contributed by atoms with Crippen molar-refractivity contribution in [2.45, 2.75) is 24.8 Å². The first kappa shape index (κ1) is 11.8. The highest BCUT2D eigenvalue weighted by Gasteiger charge is 2.24. The second kappa shape index (κ2) is 5.17. The third kappa shape index (κ3) is 2.31. The topological polar surface area (TPSA) is 74.2 Å². The number of ether oxygens (including phenoxy) is 1. The minimum Gasteiger partial charge on any atom is -0.381 e. The van der Waals surface area contributed by atoms with Crippen LogP contribution >= 0.6 is 11.3 Å². The van der Waals surface area contributed by atoms with Gasteiger partial charge in [0.1, 0.15) is 6.04 Å². The molecule has 2 aromatic rings. The Morgan fingerprint density at radius 1 is 1.50 bits per heavy atom. The largest absolute Gasteiger partial charge is 0.381 e. The Bertz CT molecular complexity index is 491. The summed E-state index contributed by atoms with van der Waals surface area (Å²) in [6.45, 7) is 1.50. The molecule has 2 aromatic heterocycles. The van der Waals surface area contributed by atoms with E-state index in [1.165, 1.54) is 0 Å². The molecule has 96 valence electrons. The van der Waals surface area contributed by atoms with E-state index in [4.69, 9.17) is 15.0 Å². The van der Waals surface area contributed by atoms with Gasteiger partial charge in [0.05, 0.1) is 6.61 Å². The second-order valence-electron chi connectivity index (χ2n) is 4.40. The Morgan fingerprint density at radius 3 is 3.17 bits per heavy atom. The molecule has 2 unspecified atom stereocenters. The van der Waals surface area contributed by atoms with E-state index in [-0.39, 0.29) is 12.0 Å². The predicted octanol–water partition coefficient (Wildman–Crippen LogP) is 2.07. The highest BCUT2D eigenvalue weighted by molar-refractivity contribution is 7.10. The van der Waals surface area contributed by atoms with Crippen LogP contribution in [0.25, 0.3) is 0 Å². The lowest BCUT2D eigenvalue weighted by Gasteiger charge is -2.18. The second-order valence-corrected chi connectivity index (χ2v) is 5.38. The fourth-order valence-corrected chi connectivity index (χ4v) is 2.79. The fourth-order valence-electron chi connectivity index (χ4n) is 2.07. The summed E-state index contributed by atoms with van der Waals surface area (Å²) >= 11 is 1.59. The smallest absolute Gasteiger partial charge is 0.248 e. The summed E-state index contributed by atoms with van der Waals surface area (Å²) in [4.78, 5) is 5.45. The van der Waals surface area contributed by atoms with Gasteiger partial charge in [-0.05, 0) is 24.3 Å². The average Bonchev–Trinajstić information content (AvgIpc) is 3.10. The van der Waals surface area contributed by atoms with Crippen LogP contribution in [-0.4, -0.2) is 23.4 Å². The van der Waals surface area contributed by atoms with Gasteiger partial charge in [-0.15, -0.1) is 11.3 Å². The zero-order chi connectivity index (χ0) is 12.4. The molecule has 0 spiro atoms. The number of thiophene rings is 1. The zero-order valence-corrected chi connectivity index (χ0v) is 10.7. The molecule has 2 N–H and O–H groups in total. The van der Waals surface area contributed by atoms with E-state index in [1.807, 2.05) is 17.5 Å². The van der Waals surface area contributed by atoms with Crippen LogP contribution in [0, 0.1) is 0 Å². The number of hydrogen-bond acceptors (Lipinski definition) is 6. The van der Waals surface area contributed by atoms with Crippen LogP contribution in [0.2, 0.25) is 0 Å². The molecule has 0 saturated carbocycles. The van der Waals surface area contributed by atoms with Crippen LogP contribution in [0.15, 0.2) is 22.0 Å². The summed E-state index contributed by atoms with van der Waals surface area (Å²) < 4.78 is 10.7. The maximum atomic E-state index is 6.09. The molecule has 0 aliphatic carbocycles. The first-order valence-corrected chi connectivity index (χ1v) is 6.93. The molecule has 0 amide bonds. The van der Waals surface area contributed by atoms with E-state index in [2.05, 4.69) is 10.1 Å². The monoisotopic (exact) mass is 265 g/mol. The molecular weight excluding hydrogens is 250 g/mol. The van der Waals surface area contributed by atoms with Gasteiger partial charge in [-0.2, -0.15) is 4.98 Å². The van der Waals surface area contributed by atoms with Crippen molar-refractivity contribution in [3.8, 4) is 0 Å². The first-order valence-electron chi connectivity index (χ1n) is 6.05. The minimum absolute atomic E-state index is 0.242. The Balaban J connectivity index is 1.76. The van der Waals surface area contributed by atoms with Gasteiger partial charge in [0.15, 0.2) is 5.82 Å². The van der Waals surface area contributed by atoms with Crippen molar-refractivity contribution in [2.24, 2.45) is 5.73 Å². The van der Waals surface area contributed by atoms with E-state index in [9.17, 15) is 0 Å². The third-order valence-electron chi connectivity index (χ3n) is 3.10. The molecule has 2 atom stereocenters. The van der Waals surface area contributed by atoms with E-state index >= 15 is 0 Å². The molecule has 5 nitrogen and oxygen atoms in total. The van der Waals surface area contributed by atoms with Crippen molar-refractivity contribution in [3.05, 3.63) is 34.1 Å². The molecule has 1 aliphatic rings. The SMILES string of the molecule is NC(c1nc(C2CCCOC2)no1)c1cccs1. The van der Waals surface area contributed by atoms with Gasteiger partial charge in [-0.1, -0.05) is 11.2 Å². The lowest BCUT2D eigenvalue weighted by atomic mass is 10.0. The quantitative estimate of drug-likeness (QED) is 0.919. The lowest BCUT2D eigenvalue weighted by Crippen LogP contribution is -2.17. The summed E-state index contributed by atoms with van der Waals surface area (Å²) in [5, 5.41) is 6.02. The third-order valence-corrected chi connectivity index (χ3v) is 4.05. The minimum atomic E-state index is -0.323. The normalized spacial score (nSPS) is 21.9. The highest BCUT2D eigenvalue weighted by Crippen LogP contribution is 2.26. The average molecular weight is 265 g/mol. The Hall–Kier alpha value is -1.24. The van der Waals surface area contributed by atoms with Gasteiger partial charge in [0.25, 0.3) is 0 Å². The fraction of sp³-hybridized carbons (Fsp3) is 0.500. The maximum absolute atomic E-state index is 6.09. The first-order chi connectivity index (χ1) is 8.84. The number of nitrogens with two attached hydrogens (primary N) is 1. The van der Waals surface area contributed by atoms with E-state index < -0.39 is 0 Å². The van der Waals surface area contributed by atoms with Gasteiger partial charge >= 0.3 is 0 Å². The Morgan fingerprint density at radius 2 is 2.44 bits per heavy atom. The molecule has 0 aromatic carbocycles. The van der Waals surface area contributed by atoms with Crippen LogP contribution < -0.4 is 5.73 Å². The van der Waals surface area contributed by atoms with Gasteiger partial charge in [-0.25, -0.2) is 0 Å². The molecular formula is C12H15N3O2S. The molecule has 1 fully saturated rings. The maximum Gasteiger partial charge on any atom is 0.248 e. The molecule has 3 heterocycles. The van der Waals surface area contributed by atoms with Crippen molar-refractivity contribution in [1.29, 1.82) is 0 Å². The summed E-state index contributed by atoms with van der Waals surface area (Å²) in [5.41, 5.74) is 6.09. The number of hydrogen-bond donors (Lipinski definition) is 1. The van der Waals surface area contributed by atoms with Crippen molar-refractivity contribution >= 4 is 11.3 Å². The molecule has 0 radical (unpaired) electrons. The van der Waals surface area contributed by atoms with E-state index in [1.54, 1.807) is 11.3 Å². The standard InChI is InChI=1S/C12H15N3O2S/c13-10(9-4-2-6-18-9)12-14-11(15-17-12)8-3-1-5-16-7-8/h2,4,6,8,10H,1,3,5,7,13H2. The predicted molar refractivity (Wildman–Crippen MR) is 67.4 cm³/mol. The van der Waals surface area contributed by atoms with Crippen LogP contribution in [0.1, 0.15) is 41.4 Å². The Labute approximate surface area is 109 Å². The van der Waals surface area contributed by atoms with Crippen LogP contribution in [0.3, 0.4) is 0 Å². The summed E-state index contributed by atoms with van der Waals surface area (Å²) in [6, 6.07) is 3.62. The van der Waals surface area contributed by atoms with Crippen molar-refractivity contribution in [2.75, 3.05) is 13.2 Å². The van der Waals surface area contributed by atoms with Crippen LogP contribution in [0.5, 0.6) is 0 Å². The van der Waals surface area contributed by atoms with Crippen LogP contribution in [-0.2, 0) is 4.74 Å². The molecule has 18 heavy (non-hydrogen) atoms. The molecule has 1 aliphatic heterocycles. The Kier molecular flexibility index (Phi) is 3.40. The van der Waals surface area contributed by atoms with E-state index in [0.29, 0.717) is 12.5 Å². The summed E-state index contributed by atoms with van der Waals surface area (Å²) in [5.74, 6) is 1.45. The number of nitrogens with zero attached hydrogens (tertiary/aromatic N) is 2. The highest BCUT2D eigenvalue weighted by atomic mass is 32.1. The molecule has 0 bridgehead atoms. The van der Waals surface area contributed by atoms with Crippen molar-refractivity contribution < 1.29 is 9.26 Å². The van der Waals surface area contributed by atoms with Crippen molar-refractivity contribution in [1.82, 2.24) is 10.1 Å². The molecule has 1 saturated heterocycles. The van der Waals surface area contributed by atoms with Gasteiger partial charge in [0.2, 0.25) is 5.89 Å². The number of aromatic nitrogens is 2. The van der Waals surface area contributed by atoms with E-state index in [0.717, 1.165) is 30.2 Å².